The van der Waals surface area contributed by atoms with E-state index in [0.29, 0.717) is 19.6 Å². The fourth-order valence-electron chi connectivity index (χ4n) is 1.97. The third kappa shape index (κ3) is 5.41. The maximum atomic E-state index is 11.3. The minimum Gasteiger partial charge on any atom is -0.466 e. The van der Waals surface area contributed by atoms with Gasteiger partial charge in [-0.05, 0) is 26.5 Å². The van der Waals surface area contributed by atoms with Gasteiger partial charge < -0.3 is 15.4 Å². The Morgan fingerprint density at radius 1 is 1.32 bits per heavy atom. The Kier molecular flexibility index (Phi) is 7.15. The highest BCUT2D eigenvalue weighted by atomic mass is 16.5. The number of likely N-dealkylation sites (N-methyl/N-ethyl adjacent to an activating group) is 1. The van der Waals surface area contributed by atoms with Gasteiger partial charge in [-0.15, -0.1) is 0 Å². The molecule has 2 atom stereocenters. The van der Waals surface area contributed by atoms with Crippen molar-refractivity contribution < 1.29 is 9.53 Å². The normalized spacial score (nSPS) is 13.8. The largest absolute Gasteiger partial charge is 0.466 e. The van der Waals surface area contributed by atoms with Gasteiger partial charge in [-0.3, -0.25) is 4.79 Å². The lowest BCUT2D eigenvalue weighted by Gasteiger charge is -2.25. The Hall–Kier alpha value is -1.39. The summed E-state index contributed by atoms with van der Waals surface area (Å²) in [6.45, 7) is 4.99. The number of nitrogens with one attached hydrogen (secondary N) is 2. The summed E-state index contributed by atoms with van der Waals surface area (Å²) in [5, 5.41) is 6.66. The van der Waals surface area contributed by atoms with E-state index < -0.39 is 0 Å². The molecule has 0 fully saturated rings. The van der Waals surface area contributed by atoms with Gasteiger partial charge in [-0.2, -0.15) is 0 Å². The number of hydrogen-bond acceptors (Lipinski definition) is 4. The van der Waals surface area contributed by atoms with Gasteiger partial charge in [0, 0.05) is 18.6 Å². The van der Waals surface area contributed by atoms with Gasteiger partial charge in [0.15, 0.2) is 0 Å². The molecule has 0 amide bonds. The van der Waals surface area contributed by atoms with E-state index >= 15 is 0 Å². The molecule has 0 saturated carbocycles. The Labute approximate surface area is 115 Å². The number of esters is 1. The molecule has 19 heavy (non-hydrogen) atoms. The molecule has 106 valence electrons. The maximum Gasteiger partial charge on any atom is 0.307 e. The van der Waals surface area contributed by atoms with Gasteiger partial charge >= 0.3 is 5.97 Å². The van der Waals surface area contributed by atoms with Crippen molar-refractivity contribution in [3.8, 4) is 0 Å². The second kappa shape index (κ2) is 8.67. The van der Waals surface area contributed by atoms with Crippen LogP contribution in [0.3, 0.4) is 0 Å². The highest BCUT2D eigenvalue weighted by Gasteiger charge is 2.17. The number of benzene rings is 1. The summed E-state index contributed by atoms with van der Waals surface area (Å²) in [6, 6.07) is 10.7. The summed E-state index contributed by atoms with van der Waals surface area (Å²) < 4.78 is 4.92. The summed E-state index contributed by atoms with van der Waals surface area (Å²) in [7, 11) is 1.94. The fraction of sp³-hybridized carbons (Fsp3) is 0.533. The lowest BCUT2D eigenvalue weighted by atomic mass is 10.0. The van der Waals surface area contributed by atoms with Gasteiger partial charge in [-0.1, -0.05) is 30.3 Å². The number of ether oxygens (including phenoxy) is 1. The van der Waals surface area contributed by atoms with Gasteiger partial charge in [-0.25, -0.2) is 0 Å². The SMILES string of the molecule is CCOC(=O)CCNC(c1ccccc1)C(C)NC. The predicted octanol–water partition coefficient (Wildman–Crippen LogP) is 1.88. The molecule has 0 heterocycles. The minimum atomic E-state index is -0.154. The van der Waals surface area contributed by atoms with E-state index in [4.69, 9.17) is 4.74 Å². The summed E-state index contributed by atoms with van der Waals surface area (Å²) in [5.74, 6) is -0.154. The highest BCUT2D eigenvalue weighted by Crippen LogP contribution is 2.16. The van der Waals surface area contributed by atoms with Crippen LogP contribution in [0.2, 0.25) is 0 Å². The van der Waals surface area contributed by atoms with E-state index in [1.807, 2.05) is 32.2 Å². The molecule has 0 saturated heterocycles. The standard InChI is InChI=1S/C15H24N2O2/c1-4-19-14(18)10-11-17-15(12(2)16-3)13-8-6-5-7-9-13/h5-9,12,15-17H,4,10-11H2,1-3H3. The first-order valence-electron chi connectivity index (χ1n) is 6.80. The van der Waals surface area contributed by atoms with Crippen LogP contribution >= 0.6 is 0 Å². The van der Waals surface area contributed by atoms with Crippen LogP contribution in [-0.4, -0.2) is 32.2 Å². The van der Waals surface area contributed by atoms with Crippen molar-refractivity contribution in [2.45, 2.75) is 32.4 Å². The monoisotopic (exact) mass is 264 g/mol. The van der Waals surface area contributed by atoms with Crippen LogP contribution in [0.1, 0.15) is 31.9 Å². The molecule has 1 aromatic rings. The molecule has 2 N–H and O–H groups in total. The smallest absolute Gasteiger partial charge is 0.307 e. The number of carbonyl (C=O) groups is 1. The average molecular weight is 264 g/mol. The van der Waals surface area contributed by atoms with E-state index in [9.17, 15) is 4.79 Å². The molecular weight excluding hydrogens is 240 g/mol. The van der Waals surface area contributed by atoms with Crippen LogP contribution in [-0.2, 0) is 9.53 Å². The van der Waals surface area contributed by atoms with Gasteiger partial charge in [0.1, 0.15) is 0 Å². The topological polar surface area (TPSA) is 50.4 Å². The molecule has 0 aromatic heterocycles. The maximum absolute atomic E-state index is 11.3. The first kappa shape index (κ1) is 15.7. The Morgan fingerprint density at radius 3 is 2.58 bits per heavy atom. The average Bonchev–Trinajstić information content (AvgIpc) is 2.44. The second-order valence-electron chi connectivity index (χ2n) is 4.47. The summed E-state index contributed by atoms with van der Waals surface area (Å²) in [5.41, 5.74) is 1.22. The predicted molar refractivity (Wildman–Crippen MR) is 77.0 cm³/mol. The zero-order chi connectivity index (χ0) is 14.1. The second-order valence-corrected chi connectivity index (χ2v) is 4.47. The van der Waals surface area contributed by atoms with Crippen LogP contribution < -0.4 is 10.6 Å². The summed E-state index contributed by atoms with van der Waals surface area (Å²) in [6.07, 6.45) is 0.396. The van der Waals surface area contributed by atoms with E-state index in [0.717, 1.165) is 0 Å². The molecular formula is C15H24N2O2. The van der Waals surface area contributed by atoms with E-state index in [1.54, 1.807) is 0 Å². The minimum absolute atomic E-state index is 0.154. The third-order valence-corrected chi connectivity index (χ3v) is 3.11. The zero-order valence-electron chi connectivity index (χ0n) is 12.0. The van der Waals surface area contributed by atoms with Gasteiger partial charge in [0.2, 0.25) is 0 Å². The third-order valence-electron chi connectivity index (χ3n) is 3.11. The van der Waals surface area contributed by atoms with E-state index in [1.165, 1.54) is 5.56 Å². The summed E-state index contributed by atoms with van der Waals surface area (Å²) in [4.78, 5) is 11.3. The number of rotatable bonds is 8. The Morgan fingerprint density at radius 2 is 2.00 bits per heavy atom. The van der Waals surface area contributed by atoms with Crippen molar-refractivity contribution in [1.29, 1.82) is 0 Å². The molecule has 1 aromatic carbocycles. The van der Waals surface area contributed by atoms with Gasteiger partial charge in [0.05, 0.1) is 13.0 Å². The molecule has 0 aliphatic carbocycles. The van der Waals surface area contributed by atoms with Crippen molar-refractivity contribution in [2.75, 3.05) is 20.2 Å². The van der Waals surface area contributed by atoms with E-state index in [2.05, 4.69) is 29.7 Å². The van der Waals surface area contributed by atoms with Crippen molar-refractivity contribution >= 4 is 5.97 Å². The van der Waals surface area contributed by atoms with Crippen molar-refractivity contribution in [2.24, 2.45) is 0 Å². The molecule has 4 nitrogen and oxygen atoms in total. The lowest BCUT2D eigenvalue weighted by Crippen LogP contribution is -2.38. The van der Waals surface area contributed by atoms with Crippen LogP contribution in [0.5, 0.6) is 0 Å². The molecule has 0 bridgehead atoms. The van der Waals surface area contributed by atoms with Gasteiger partial charge in [0.25, 0.3) is 0 Å². The molecule has 2 unspecified atom stereocenters. The fourth-order valence-corrected chi connectivity index (χ4v) is 1.97. The van der Waals surface area contributed by atoms with Crippen LogP contribution in [0, 0.1) is 0 Å². The van der Waals surface area contributed by atoms with Crippen molar-refractivity contribution in [1.82, 2.24) is 10.6 Å². The number of hydrogen-bond donors (Lipinski definition) is 2. The quantitative estimate of drug-likeness (QED) is 0.704. The van der Waals surface area contributed by atoms with Crippen molar-refractivity contribution in [3.63, 3.8) is 0 Å². The highest BCUT2D eigenvalue weighted by molar-refractivity contribution is 5.69. The molecule has 1 rings (SSSR count). The van der Waals surface area contributed by atoms with Crippen LogP contribution in [0.4, 0.5) is 0 Å². The molecule has 0 spiro atoms. The molecule has 4 heteroatoms. The van der Waals surface area contributed by atoms with Crippen LogP contribution in [0.25, 0.3) is 0 Å². The summed E-state index contributed by atoms with van der Waals surface area (Å²) >= 11 is 0. The van der Waals surface area contributed by atoms with E-state index in [-0.39, 0.29) is 18.1 Å². The van der Waals surface area contributed by atoms with Crippen LogP contribution in [0.15, 0.2) is 30.3 Å². The Balaban J connectivity index is 2.54. The first-order chi connectivity index (χ1) is 9.19. The number of carbonyl (C=O) groups excluding carboxylic acids is 1. The van der Waals surface area contributed by atoms with Crippen molar-refractivity contribution in [3.05, 3.63) is 35.9 Å². The molecule has 0 radical (unpaired) electrons. The lowest BCUT2D eigenvalue weighted by molar-refractivity contribution is -0.143. The zero-order valence-corrected chi connectivity index (χ0v) is 12.0. The first-order valence-corrected chi connectivity index (χ1v) is 6.80. The molecule has 0 aliphatic heterocycles. The molecule has 0 aliphatic rings. The Bertz CT molecular complexity index is 368.